The number of ether oxygens (including phenoxy) is 3. The highest BCUT2D eigenvalue weighted by molar-refractivity contribution is 4.93. The van der Waals surface area contributed by atoms with Gasteiger partial charge in [0.1, 0.15) is 18.3 Å². The van der Waals surface area contributed by atoms with Crippen molar-refractivity contribution in [2.24, 2.45) is 0 Å². The van der Waals surface area contributed by atoms with Gasteiger partial charge in [-0.3, -0.25) is 0 Å². The van der Waals surface area contributed by atoms with Gasteiger partial charge in [0, 0.05) is 6.54 Å². The summed E-state index contributed by atoms with van der Waals surface area (Å²) < 4.78 is 17.0. The molecule has 2 saturated heterocycles. The van der Waals surface area contributed by atoms with Gasteiger partial charge in [-0.05, 0) is 26.9 Å². The molecule has 0 spiro atoms. The molecule has 1 N–H and O–H groups in total. The maximum Gasteiger partial charge on any atom is 0.190 e. The maximum atomic E-state index is 10.2. The number of nitrogens with zero attached hydrogens (tertiary/aromatic N) is 1. The molecule has 5 heteroatoms. The summed E-state index contributed by atoms with van der Waals surface area (Å²) in [5.74, 6) is -0.656. The Labute approximate surface area is 103 Å². The third kappa shape index (κ3) is 2.63. The summed E-state index contributed by atoms with van der Waals surface area (Å²) in [5.41, 5.74) is 0. The summed E-state index contributed by atoms with van der Waals surface area (Å²) in [4.78, 5) is 2.22. The van der Waals surface area contributed by atoms with E-state index in [1.807, 2.05) is 13.8 Å². The molecule has 2 rings (SSSR count). The van der Waals surface area contributed by atoms with Crippen LogP contribution in [0.3, 0.4) is 0 Å². The van der Waals surface area contributed by atoms with Gasteiger partial charge < -0.3 is 24.2 Å². The molecule has 2 aliphatic rings. The first kappa shape index (κ1) is 13.2. The normalized spacial score (nSPS) is 39.9. The second-order valence-electron chi connectivity index (χ2n) is 5.12. The zero-order chi connectivity index (χ0) is 12.6. The number of hydrogen-bond donors (Lipinski definition) is 1. The molecule has 0 saturated carbocycles. The molecular weight excluding hydrogens is 222 g/mol. The molecule has 2 fully saturated rings. The Morgan fingerprint density at radius 1 is 1.18 bits per heavy atom. The molecule has 100 valence electrons. The first-order chi connectivity index (χ1) is 7.96. The van der Waals surface area contributed by atoms with Crippen LogP contribution in [0.1, 0.15) is 27.7 Å². The summed E-state index contributed by atoms with van der Waals surface area (Å²) in [6.45, 7) is 10.5. The molecule has 2 heterocycles. The van der Waals surface area contributed by atoms with Crippen molar-refractivity contribution in [2.75, 3.05) is 19.6 Å². The molecule has 0 bridgehead atoms. The van der Waals surface area contributed by atoms with Gasteiger partial charge in [-0.1, -0.05) is 13.8 Å². The second kappa shape index (κ2) is 4.82. The standard InChI is InChI=1S/C12H23NO4/c1-5-13(6-2)7-8-9(14)10-11(15-8)17-12(3,4)16-10/h8-11,14H,5-7H2,1-4H3/t8-,9+,10-,11-/m1/s1. The highest BCUT2D eigenvalue weighted by atomic mass is 16.8. The highest BCUT2D eigenvalue weighted by Crippen LogP contribution is 2.37. The molecule has 4 atom stereocenters. The molecular formula is C12H23NO4. The topological polar surface area (TPSA) is 51.2 Å². The largest absolute Gasteiger partial charge is 0.387 e. The fourth-order valence-electron chi connectivity index (χ4n) is 2.45. The van der Waals surface area contributed by atoms with Crippen molar-refractivity contribution in [3.63, 3.8) is 0 Å². The second-order valence-corrected chi connectivity index (χ2v) is 5.12. The third-order valence-corrected chi connectivity index (χ3v) is 3.45. The molecule has 0 aromatic rings. The van der Waals surface area contributed by atoms with Crippen LogP contribution in [0, 0.1) is 0 Å². The van der Waals surface area contributed by atoms with E-state index in [1.54, 1.807) is 0 Å². The average Bonchev–Trinajstić information content (AvgIpc) is 2.70. The Kier molecular flexibility index (Phi) is 3.75. The van der Waals surface area contributed by atoms with Crippen molar-refractivity contribution in [3.05, 3.63) is 0 Å². The molecule has 0 unspecified atom stereocenters. The lowest BCUT2D eigenvalue weighted by Gasteiger charge is -2.26. The van der Waals surface area contributed by atoms with E-state index in [-0.39, 0.29) is 12.2 Å². The van der Waals surface area contributed by atoms with E-state index >= 15 is 0 Å². The number of rotatable bonds is 4. The molecule has 2 aliphatic heterocycles. The van der Waals surface area contributed by atoms with Crippen LogP contribution in [-0.2, 0) is 14.2 Å². The fraction of sp³-hybridized carbons (Fsp3) is 1.00. The molecule has 0 aliphatic carbocycles. The summed E-state index contributed by atoms with van der Waals surface area (Å²) in [5, 5.41) is 10.2. The lowest BCUT2D eigenvalue weighted by molar-refractivity contribution is -0.216. The molecule has 0 aromatic carbocycles. The van der Waals surface area contributed by atoms with E-state index in [4.69, 9.17) is 14.2 Å². The van der Waals surface area contributed by atoms with Crippen LogP contribution in [0.2, 0.25) is 0 Å². The van der Waals surface area contributed by atoms with E-state index in [0.29, 0.717) is 6.54 Å². The number of fused-ring (bicyclic) bond motifs is 1. The van der Waals surface area contributed by atoms with Crippen LogP contribution >= 0.6 is 0 Å². The zero-order valence-electron chi connectivity index (χ0n) is 11.0. The SMILES string of the molecule is CCN(CC)C[C@H]1O[C@@H]2OC(C)(C)O[C@@H]2[C@H]1O. The predicted octanol–water partition coefficient (Wildman–Crippen LogP) is 0.565. The van der Waals surface area contributed by atoms with Crippen molar-refractivity contribution in [3.8, 4) is 0 Å². The van der Waals surface area contributed by atoms with Gasteiger partial charge in [0.15, 0.2) is 12.1 Å². The monoisotopic (exact) mass is 245 g/mol. The van der Waals surface area contributed by atoms with Crippen LogP contribution < -0.4 is 0 Å². The number of likely N-dealkylation sites (N-methyl/N-ethyl adjacent to an activating group) is 1. The first-order valence-corrected chi connectivity index (χ1v) is 6.38. The van der Waals surface area contributed by atoms with E-state index < -0.39 is 18.2 Å². The van der Waals surface area contributed by atoms with Crippen molar-refractivity contribution in [1.82, 2.24) is 4.90 Å². The Hall–Kier alpha value is -0.200. The number of aliphatic hydroxyl groups is 1. The Balaban J connectivity index is 1.94. The summed E-state index contributed by atoms with van der Waals surface area (Å²) in [7, 11) is 0. The molecule has 0 aromatic heterocycles. The van der Waals surface area contributed by atoms with Crippen molar-refractivity contribution in [1.29, 1.82) is 0 Å². The molecule has 5 nitrogen and oxygen atoms in total. The summed E-state index contributed by atoms with van der Waals surface area (Å²) in [6, 6.07) is 0. The van der Waals surface area contributed by atoms with Crippen LogP contribution in [0.25, 0.3) is 0 Å². The van der Waals surface area contributed by atoms with Crippen LogP contribution in [0.5, 0.6) is 0 Å². The van der Waals surface area contributed by atoms with E-state index in [2.05, 4.69) is 18.7 Å². The minimum atomic E-state index is -0.656. The average molecular weight is 245 g/mol. The molecule has 0 amide bonds. The van der Waals surface area contributed by atoms with Crippen molar-refractivity contribution >= 4 is 0 Å². The van der Waals surface area contributed by atoms with Gasteiger partial charge in [0.05, 0.1) is 0 Å². The minimum Gasteiger partial charge on any atom is -0.387 e. The number of hydrogen-bond acceptors (Lipinski definition) is 5. The number of aliphatic hydroxyl groups excluding tert-OH is 1. The third-order valence-electron chi connectivity index (χ3n) is 3.45. The smallest absolute Gasteiger partial charge is 0.190 e. The lowest BCUT2D eigenvalue weighted by atomic mass is 10.1. The zero-order valence-corrected chi connectivity index (χ0v) is 11.0. The van der Waals surface area contributed by atoms with E-state index in [1.165, 1.54) is 0 Å². The fourth-order valence-corrected chi connectivity index (χ4v) is 2.45. The van der Waals surface area contributed by atoms with E-state index in [9.17, 15) is 5.11 Å². The van der Waals surface area contributed by atoms with Gasteiger partial charge in [-0.15, -0.1) is 0 Å². The van der Waals surface area contributed by atoms with Crippen LogP contribution in [-0.4, -0.2) is 60.0 Å². The summed E-state index contributed by atoms with van der Waals surface area (Å²) in [6.07, 6.45) is -1.62. The van der Waals surface area contributed by atoms with Crippen molar-refractivity contribution in [2.45, 2.75) is 58.1 Å². The van der Waals surface area contributed by atoms with Gasteiger partial charge in [0.2, 0.25) is 0 Å². The minimum absolute atomic E-state index is 0.221. The first-order valence-electron chi connectivity index (χ1n) is 6.38. The van der Waals surface area contributed by atoms with Crippen LogP contribution in [0.15, 0.2) is 0 Å². The Bertz CT molecular complexity index is 267. The molecule has 17 heavy (non-hydrogen) atoms. The highest BCUT2D eigenvalue weighted by Gasteiger charge is 2.54. The predicted molar refractivity (Wildman–Crippen MR) is 62.5 cm³/mol. The Morgan fingerprint density at radius 3 is 2.35 bits per heavy atom. The molecule has 0 radical (unpaired) electrons. The summed E-state index contributed by atoms with van der Waals surface area (Å²) >= 11 is 0. The van der Waals surface area contributed by atoms with Crippen LogP contribution in [0.4, 0.5) is 0 Å². The maximum absolute atomic E-state index is 10.2. The van der Waals surface area contributed by atoms with E-state index in [0.717, 1.165) is 13.1 Å². The van der Waals surface area contributed by atoms with Gasteiger partial charge in [-0.2, -0.15) is 0 Å². The van der Waals surface area contributed by atoms with Gasteiger partial charge >= 0.3 is 0 Å². The van der Waals surface area contributed by atoms with Crippen molar-refractivity contribution < 1.29 is 19.3 Å². The Morgan fingerprint density at radius 2 is 1.82 bits per heavy atom. The quantitative estimate of drug-likeness (QED) is 0.784. The van der Waals surface area contributed by atoms with Gasteiger partial charge in [-0.25, -0.2) is 0 Å². The van der Waals surface area contributed by atoms with Gasteiger partial charge in [0.25, 0.3) is 0 Å². The lowest BCUT2D eigenvalue weighted by Crippen LogP contribution is -2.41.